The first-order chi connectivity index (χ1) is 8.67. The second-order valence-corrected chi connectivity index (χ2v) is 5.37. The van der Waals surface area contributed by atoms with Crippen LogP contribution in [0.3, 0.4) is 0 Å². The van der Waals surface area contributed by atoms with Gasteiger partial charge in [-0.1, -0.05) is 11.6 Å². The van der Waals surface area contributed by atoms with Crippen LogP contribution in [0, 0.1) is 11.2 Å². The van der Waals surface area contributed by atoms with E-state index in [1.54, 1.807) is 0 Å². The average Bonchev–Trinajstić information content (AvgIpc) is 2.20. The molecule has 0 heterocycles. The van der Waals surface area contributed by atoms with E-state index in [1.807, 2.05) is 20.8 Å². The van der Waals surface area contributed by atoms with E-state index in [0.717, 1.165) is 6.07 Å². The van der Waals surface area contributed by atoms with Gasteiger partial charge in [0.1, 0.15) is 5.82 Å². The van der Waals surface area contributed by atoms with Crippen LogP contribution in [-0.2, 0) is 0 Å². The number of carbonyl (C=O) groups is 1. The lowest BCUT2D eigenvalue weighted by molar-refractivity contribution is 0.236. The highest BCUT2D eigenvalue weighted by Gasteiger charge is 2.14. The number of hydrogen-bond donors (Lipinski definition) is 4. The quantitative estimate of drug-likeness (QED) is 0.473. The van der Waals surface area contributed by atoms with Gasteiger partial charge in [0, 0.05) is 11.2 Å². The van der Waals surface area contributed by atoms with Crippen LogP contribution in [0.4, 0.5) is 14.9 Å². The minimum Gasteiger partial charge on any atom is -0.333 e. The van der Waals surface area contributed by atoms with Crippen LogP contribution >= 0.6 is 11.6 Å². The largest absolute Gasteiger partial charge is 0.333 e. The van der Waals surface area contributed by atoms with Gasteiger partial charge in [0.05, 0.1) is 5.02 Å². The summed E-state index contributed by atoms with van der Waals surface area (Å²) in [6.45, 7) is 5.45. The Morgan fingerprint density at radius 2 is 2.00 bits per heavy atom. The van der Waals surface area contributed by atoms with E-state index in [0.29, 0.717) is 5.69 Å². The van der Waals surface area contributed by atoms with E-state index in [9.17, 15) is 9.18 Å². The fraction of sp³-hybridized carbons (Fsp3) is 0.333. The number of hydrogen-bond acceptors (Lipinski definition) is 2. The molecule has 0 unspecified atom stereocenters. The summed E-state index contributed by atoms with van der Waals surface area (Å²) < 4.78 is 13.2. The number of nitrogens with one attached hydrogen (secondary N) is 4. The average molecular weight is 287 g/mol. The van der Waals surface area contributed by atoms with Gasteiger partial charge in [0.25, 0.3) is 0 Å². The Morgan fingerprint density at radius 1 is 1.37 bits per heavy atom. The zero-order valence-electron chi connectivity index (χ0n) is 10.9. The van der Waals surface area contributed by atoms with Crippen LogP contribution in [0.5, 0.6) is 0 Å². The van der Waals surface area contributed by atoms with E-state index in [1.165, 1.54) is 12.1 Å². The summed E-state index contributed by atoms with van der Waals surface area (Å²) >= 11 is 5.54. The molecular formula is C12H16ClFN4O. The molecule has 1 aromatic carbocycles. The van der Waals surface area contributed by atoms with Crippen LogP contribution in [0.15, 0.2) is 18.2 Å². The molecule has 0 bridgehead atoms. The highest BCUT2D eigenvalue weighted by atomic mass is 35.5. The lowest BCUT2D eigenvalue weighted by Crippen LogP contribution is -2.49. The van der Waals surface area contributed by atoms with Gasteiger partial charge in [-0.3, -0.25) is 10.7 Å². The minimum absolute atomic E-state index is 0.00415. The van der Waals surface area contributed by atoms with Gasteiger partial charge < -0.3 is 10.6 Å². The van der Waals surface area contributed by atoms with E-state index >= 15 is 0 Å². The normalized spacial score (nSPS) is 10.8. The van der Waals surface area contributed by atoms with Gasteiger partial charge in [-0.2, -0.15) is 0 Å². The molecule has 0 aliphatic heterocycles. The van der Waals surface area contributed by atoms with Crippen molar-refractivity contribution in [3.63, 3.8) is 0 Å². The standard InChI is InChI=1S/C12H16ClFN4O/c1-12(2,3)18-11(19)17-10(15)16-7-4-5-8(13)9(14)6-7/h4-6H,1-3H3,(H4,15,16,17,18,19). The molecule has 5 nitrogen and oxygen atoms in total. The molecule has 0 aromatic heterocycles. The van der Waals surface area contributed by atoms with Crippen molar-refractivity contribution in [1.82, 2.24) is 10.6 Å². The summed E-state index contributed by atoms with van der Waals surface area (Å²) in [6.07, 6.45) is 0. The summed E-state index contributed by atoms with van der Waals surface area (Å²) in [5.74, 6) is -0.859. The molecule has 0 saturated carbocycles. The lowest BCUT2D eigenvalue weighted by Gasteiger charge is -2.21. The third-order valence-corrected chi connectivity index (χ3v) is 2.22. The smallest absolute Gasteiger partial charge is 0.321 e. The minimum atomic E-state index is -0.599. The zero-order chi connectivity index (χ0) is 14.6. The SMILES string of the molecule is CC(C)(C)NC(=O)NC(=N)Nc1ccc(Cl)c(F)c1. The number of amides is 2. The molecule has 104 valence electrons. The van der Waals surface area contributed by atoms with Gasteiger partial charge in [-0.15, -0.1) is 0 Å². The fourth-order valence-electron chi connectivity index (χ4n) is 1.23. The van der Waals surface area contributed by atoms with E-state index in [2.05, 4.69) is 16.0 Å². The summed E-state index contributed by atoms with van der Waals surface area (Å²) in [4.78, 5) is 11.5. The van der Waals surface area contributed by atoms with Gasteiger partial charge in [0.2, 0.25) is 5.96 Å². The lowest BCUT2D eigenvalue weighted by atomic mass is 10.1. The molecule has 0 fully saturated rings. The number of urea groups is 1. The van der Waals surface area contributed by atoms with Gasteiger partial charge >= 0.3 is 6.03 Å². The van der Waals surface area contributed by atoms with Crippen molar-refractivity contribution in [2.45, 2.75) is 26.3 Å². The summed E-state index contributed by atoms with van der Waals surface area (Å²) in [7, 11) is 0. The van der Waals surface area contributed by atoms with Crippen molar-refractivity contribution in [2.24, 2.45) is 0 Å². The molecule has 4 N–H and O–H groups in total. The van der Waals surface area contributed by atoms with Gasteiger partial charge in [0.15, 0.2) is 0 Å². The third-order valence-electron chi connectivity index (χ3n) is 1.92. The molecule has 1 rings (SSSR count). The Hall–Kier alpha value is -1.82. The van der Waals surface area contributed by atoms with Crippen LogP contribution in [-0.4, -0.2) is 17.5 Å². The Bertz CT molecular complexity index is 499. The molecule has 0 radical (unpaired) electrons. The molecule has 0 aliphatic carbocycles. The number of anilines is 1. The van der Waals surface area contributed by atoms with Crippen molar-refractivity contribution in [3.8, 4) is 0 Å². The first kappa shape index (κ1) is 15.2. The first-order valence-corrected chi connectivity index (χ1v) is 5.95. The summed E-state index contributed by atoms with van der Waals surface area (Å²) in [5, 5.41) is 15.0. The highest BCUT2D eigenvalue weighted by Crippen LogP contribution is 2.18. The number of benzene rings is 1. The maximum absolute atomic E-state index is 13.2. The Balaban J connectivity index is 2.56. The van der Waals surface area contributed by atoms with Crippen molar-refractivity contribution in [3.05, 3.63) is 29.0 Å². The molecule has 2 amide bonds. The number of halogens is 2. The third kappa shape index (κ3) is 5.56. The number of guanidine groups is 1. The topological polar surface area (TPSA) is 77.0 Å². The van der Waals surface area contributed by atoms with E-state index in [4.69, 9.17) is 17.0 Å². The van der Waals surface area contributed by atoms with Crippen LogP contribution in [0.25, 0.3) is 0 Å². The van der Waals surface area contributed by atoms with Gasteiger partial charge in [-0.05, 0) is 39.0 Å². The Kier molecular flexibility index (Phi) is 4.72. The summed E-state index contributed by atoms with van der Waals surface area (Å²) in [6, 6.07) is 3.49. The molecule has 0 atom stereocenters. The molecule has 0 aliphatic rings. The molecule has 19 heavy (non-hydrogen) atoms. The second-order valence-electron chi connectivity index (χ2n) is 4.96. The summed E-state index contributed by atoms with van der Waals surface area (Å²) in [5.41, 5.74) is -0.0838. The maximum atomic E-state index is 13.2. The molecule has 1 aromatic rings. The highest BCUT2D eigenvalue weighted by molar-refractivity contribution is 6.30. The predicted molar refractivity (Wildman–Crippen MR) is 74.2 cm³/mol. The van der Waals surface area contributed by atoms with Crippen molar-refractivity contribution in [2.75, 3.05) is 5.32 Å². The second kappa shape index (κ2) is 5.88. The predicted octanol–water partition coefficient (Wildman–Crippen LogP) is 2.92. The first-order valence-electron chi connectivity index (χ1n) is 5.57. The van der Waals surface area contributed by atoms with E-state index < -0.39 is 17.4 Å². The monoisotopic (exact) mass is 286 g/mol. The fourth-order valence-corrected chi connectivity index (χ4v) is 1.35. The van der Waals surface area contributed by atoms with Crippen molar-refractivity contribution in [1.29, 1.82) is 5.41 Å². The van der Waals surface area contributed by atoms with Crippen LogP contribution in [0.1, 0.15) is 20.8 Å². The van der Waals surface area contributed by atoms with Crippen LogP contribution in [0.2, 0.25) is 5.02 Å². The Labute approximate surface area is 116 Å². The van der Waals surface area contributed by atoms with Crippen molar-refractivity contribution >= 4 is 29.3 Å². The molecular weight excluding hydrogens is 271 g/mol. The molecule has 0 spiro atoms. The number of carbonyl (C=O) groups excluding carboxylic acids is 1. The maximum Gasteiger partial charge on any atom is 0.321 e. The number of rotatable bonds is 1. The van der Waals surface area contributed by atoms with Crippen LogP contribution < -0.4 is 16.0 Å². The van der Waals surface area contributed by atoms with Crippen molar-refractivity contribution < 1.29 is 9.18 Å². The Morgan fingerprint density at radius 3 is 2.53 bits per heavy atom. The van der Waals surface area contributed by atoms with E-state index in [-0.39, 0.29) is 11.0 Å². The van der Waals surface area contributed by atoms with Gasteiger partial charge in [-0.25, -0.2) is 9.18 Å². The zero-order valence-corrected chi connectivity index (χ0v) is 11.7. The molecule has 0 saturated heterocycles. The molecule has 7 heteroatoms.